The number of aromatic amines is 1. The van der Waals surface area contributed by atoms with Crippen LogP contribution >= 0.6 is 0 Å². The summed E-state index contributed by atoms with van der Waals surface area (Å²) in [5.41, 5.74) is 5.44. The molecule has 5 nitrogen and oxygen atoms in total. The molecule has 2 aliphatic rings. The van der Waals surface area contributed by atoms with Gasteiger partial charge in [-0.2, -0.15) is 0 Å². The number of carbonyl (C=O) groups excluding carboxylic acids is 1. The van der Waals surface area contributed by atoms with Gasteiger partial charge in [-0.1, -0.05) is 0 Å². The molecule has 2 rings (SSSR count). The maximum Gasteiger partial charge on any atom is 0.252 e. The summed E-state index contributed by atoms with van der Waals surface area (Å²) in [6, 6.07) is 0. The van der Waals surface area contributed by atoms with Gasteiger partial charge in [0.05, 0.1) is 11.3 Å². The van der Waals surface area contributed by atoms with Crippen molar-refractivity contribution in [3.8, 4) is 11.5 Å². The first-order chi connectivity index (χ1) is 7.39. The molecule has 0 atom stereocenters. The highest BCUT2D eigenvalue weighted by Crippen LogP contribution is 2.19. The van der Waals surface area contributed by atoms with E-state index < -0.39 is 12.8 Å². The molecule has 1 amide bonds. The monoisotopic (exact) mass is 179 g/mol. The van der Waals surface area contributed by atoms with Crippen LogP contribution in [0.5, 0.6) is 0 Å². The fraction of sp³-hybridized carbons (Fsp3) is 0.125. The number of amides is 1. The standard InChI is InChI=1S/C8H8N4O/c1-4-2-10-8-6(12-4)5(3-11-8)7(9)13/h2-3,12H,1H3,(H2,9,13)/i1D3. The zero-order valence-electron chi connectivity index (χ0n) is 9.53. The van der Waals surface area contributed by atoms with E-state index in [1.54, 1.807) is 0 Å². The molecule has 0 aromatic heterocycles. The van der Waals surface area contributed by atoms with Crippen molar-refractivity contribution < 1.29 is 8.91 Å². The zero-order valence-corrected chi connectivity index (χ0v) is 6.53. The highest BCUT2D eigenvalue weighted by atomic mass is 16.1. The van der Waals surface area contributed by atoms with Crippen molar-refractivity contribution >= 4 is 5.91 Å². The van der Waals surface area contributed by atoms with Gasteiger partial charge in [-0.15, -0.1) is 0 Å². The van der Waals surface area contributed by atoms with Crippen molar-refractivity contribution in [1.29, 1.82) is 0 Å². The number of rotatable bonds is 1. The second kappa shape index (κ2) is 2.55. The van der Waals surface area contributed by atoms with Gasteiger partial charge in [0.2, 0.25) is 0 Å². The SMILES string of the molecule is [2H]C([2H])([2H])c1cnc2ncc(C(N)=O)c-2[nH]1. The van der Waals surface area contributed by atoms with Gasteiger partial charge in [0.1, 0.15) is 0 Å². The van der Waals surface area contributed by atoms with Gasteiger partial charge in [0.25, 0.3) is 5.91 Å². The van der Waals surface area contributed by atoms with Crippen LogP contribution in [0.4, 0.5) is 0 Å². The van der Waals surface area contributed by atoms with Crippen LogP contribution in [0.2, 0.25) is 0 Å². The number of nitrogens with zero attached hydrogens (tertiary/aromatic N) is 2. The minimum atomic E-state index is -2.31. The van der Waals surface area contributed by atoms with E-state index in [1.807, 2.05) is 0 Å². The van der Waals surface area contributed by atoms with Crippen LogP contribution in [0.15, 0.2) is 12.4 Å². The Balaban J connectivity index is 2.63. The lowest BCUT2D eigenvalue weighted by atomic mass is 10.2. The van der Waals surface area contributed by atoms with Crippen LogP contribution < -0.4 is 5.73 Å². The predicted octanol–water partition coefficient (Wildman–Crippen LogP) is 0.317. The van der Waals surface area contributed by atoms with E-state index in [1.165, 1.54) is 12.4 Å². The quantitative estimate of drug-likeness (QED) is 0.661. The average Bonchev–Trinajstić information content (AvgIpc) is 2.58. The molecular formula is C8H8N4O. The summed E-state index contributed by atoms with van der Waals surface area (Å²) in [5, 5.41) is 0. The van der Waals surface area contributed by atoms with Gasteiger partial charge in [0, 0.05) is 22.2 Å². The van der Waals surface area contributed by atoms with Gasteiger partial charge < -0.3 is 10.7 Å². The summed E-state index contributed by atoms with van der Waals surface area (Å²) < 4.78 is 21.6. The van der Waals surface area contributed by atoms with Crippen molar-refractivity contribution in [2.45, 2.75) is 6.85 Å². The lowest BCUT2D eigenvalue weighted by Gasteiger charge is -2.00. The van der Waals surface area contributed by atoms with E-state index in [0.29, 0.717) is 0 Å². The Bertz CT molecular complexity index is 519. The Morgan fingerprint density at radius 3 is 3.08 bits per heavy atom. The second-order valence-electron chi connectivity index (χ2n) is 2.53. The number of fused-ring (bicyclic) bond motifs is 1. The number of primary amides is 1. The fourth-order valence-corrected chi connectivity index (χ4v) is 1.08. The molecule has 0 aliphatic carbocycles. The zero-order chi connectivity index (χ0) is 11.9. The minimum Gasteiger partial charge on any atom is -0.365 e. The number of aromatic nitrogens is 3. The maximum absolute atomic E-state index is 11.0. The van der Waals surface area contributed by atoms with E-state index >= 15 is 0 Å². The van der Waals surface area contributed by atoms with Crippen molar-refractivity contribution in [3.63, 3.8) is 0 Å². The Morgan fingerprint density at radius 1 is 1.62 bits per heavy atom. The largest absolute Gasteiger partial charge is 0.365 e. The molecule has 2 heterocycles. The third-order valence-corrected chi connectivity index (χ3v) is 1.65. The van der Waals surface area contributed by atoms with Gasteiger partial charge in [-0.05, 0) is 6.85 Å². The van der Waals surface area contributed by atoms with Gasteiger partial charge in [-0.3, -0.25) is 4.79 Å². The fourth-order valence-electron chi connectivity index (χ4n) is 1.08. The number of hydrogen-bond acceptors (Lipinski definition) is 3. The summed E-state index contributed by atoms with van der Waals surface area (Å²) in [4.78, 5) is 21.3. The Kier molecular flexibility index (Phi) is 0.972. The highest BCUT2D eigenvalue weighted by molar-refractivity contribution is 5.98. The molecule has 0 saturated carbocycles. The molecular weight excluding hydrogens is 168 g/mol. The highest BCUT2D eigenvalue weighted by Gasteiger charge is 2.16. The van der Waals surface area contributed by atoms with E-state index in [9.17, 15) is 4.79 Å². The second-order valence-corrected chi connectivity index (χ2v) is 2.53. The summed E-state index contributed by atoms with van der Waals surface area (Å²) in [5.74, 6) is -0.412. The van der Waals surface area contributed by atoms with E-state index in [2.05, 4.69) is 15.0 Å². The molecule has 0 saturated heterocycles. The number of nitrogens with two attached hydrogens (primary N) is 1. The Morgan fingerprint density at radius 2 is 2.38 bits per heavy atom. The molecule has 3 N–H and O–H groups in total. The number of hydrogen-bond donors (Lipinski definition) is 2. The summed E-state index contributed by atoms with van der Waals surface area (Å²) in [6.07, 6.45) is 2.44. The molecule has 0 spiro atoms. The molecule has 13 heavy (non-hydrogen) atoms. The molecule has 66 valence electrons. The topological polar surface area (TPSA) is 84.7 Å². The van der Waals surface area contributed by atoms with Crippen molar-refractivity contribution in [3.05, 3.63) is 23.7 Å². The summed E-state index contributed by atoms with van der Waals surface area (Å²) in [6.45, 7) is -2.31. The van der Waals surface area contributed by atoms with E-state index in [0.717, 1.165) is 0 Å². The van der Waals surface area contributed by atoms with Crippen LogP contribution in [0, 0.1) is 6.85 Å². The number of aryl methyl sites for hydroxylation is 1. The normalized spacial score (nSPS) is 14.9. The molecule has 0 aromatic carbocycles. The molecule has 0 radical (unpaired) electrons. The number of H-pyrrole nitrogens is 1. The molecule has 0 bridgehead atoms. The van der Waals surface area contributed by atoms with E-state index in [4.69, 9.17) is 9.85 Å². The van der Waals surface area contributed by atoms with Crippen LogP contribution in [0.1, 0.15) is 20.2 Å². The summed E-state index contributed by atoms with van der Waals surface area (Å²) in [7, 11) is 0. The van der Waals surface area contributed by atoms with Crippen molar-refractivity contribution in [2.24, 2.45) is 5.73 Å². The van der Waals surface area contributed by atoms with Crippen LogP contribution in [0.25, 0.3) is 11.5 Å². The average molecular weight is 179 g/mol. The molecule has 0 fully saturated rings. The first kappa shape index (κ1) is 4.96. The van der Waals surface area contributed by atoms with Crippen molar-refractivity contribution in [1.82, 2.24) is 15.0 Å². The molecule has 0 unspecified atom stereocenters. The van der Waals surface area contributed by atoms with Gasteiger partial charge in [-0.25, -0.2) is 9.97 Å². The first-order valence-electron chi connectivity index (χ1n) is 5.03. The molecule has 5 heteroatoms. The third kappa shape index (κ3) is 1.14. The number of carbonyl (C=O) groups is 1. The van der Waals surface area contributed by atoms with Gasteiger partial charge >= 0.3 is 0 Å². The Labute approximate surface area is 78.6 Å². The number of nitrogens with one attached hydrogen (secondary N) is 1. The lowest BCUT2D eigenvalue weighted by molar-refractivity contribution is 0.100. The third-order valence-electron chi connectivity index (χ3n) is 1.65. The summed E-state index contributed by atoms with van der Waals surface area (Å²) >= 11 is 0. The van der Waals surface area contributed by atoms with Crippen LogP contribution in [-0.2, 0) is 0 Å². The lowest BCUT2D eigenvalue weighted by Crippen LogP contribution is -2.11. The smallest absolute Gasteiger partial charge is 0.252 e. The molecule has 2 aliphatic heterocycles. The van der Waals surface area contributed by atoms with Crippen molar-refractivity contribution in [2.75, 3.05) is 0 Å². The first-order valence-corrected chi connectivity index (χ1v) is 3.53. The predicted molar refractivity (Wildman–Crippen MR) is 46.3 cm³/mol. The maximum atomic E-state index is 11.0. The Hall–Kier alpha value is -1.91. The van der Waals surface area contributed by atoms with Crippen LogP contribution in [-0.4, -0.2) is 20.9 Å². The van der Waals surface area contributed by atoms with Crippen LogP contribution in [0.3, 0.4) is 0 Å². The van der Waals surface area contributed by atoms with Gasteiger partial charge in [0.15, 0.2) is 5.82 Å². The molecule has 0 aromatic rings. The minimum absolute atomic E-state index is 0.0597. The van der Waals surface area contributed by atoms with E-state index in [-0.39, 0.29) is 22.8 Å².